The second-order valence-corrected chi connectivity index (χ2v) is 9.86. The molecule has 206 valence electrons. The number of rotatable bonds is 12. The first-order chi connectivity index (χ1) is 19.1. The van der Waals surface area contributed by atoms with Crippen LogP contribution in [0.5, 0.6) is 11.5 Å². The minimum Gasteiger partial charge on any atom is -0.493 e. The lowest BCUT2D eigenvalue weighted by atomic mass is 9.88. The minimum atomic E-state index is -0.163. The maximum absolute atomic E-state index is 13.7. The maximum atomic E-state index is 13.7. The third-order valence-electron chi connectivity index (χ3n) is 7.08. The van der Waals surface area contributed by atoms with Crippen LogP contribution < -0.4 is 20.1 Å². The van der Waals surface area contributed by atoms with E-state index in [1.165, 1.54) is 11.1 Å². The molecule has 4 rings (SSSR count). The number of nitrogens with zero attached hydrogens (tertiary/aromatic N) is 2. The summed E-state index contributed by atoms with van der Waals surface area (Å²) in [7, 11) is 3.18. The Hall–Kier alpha value is -3.81. The van der Waals surface area contributed by atoms with Crippen molar-refractivity contribution in [2.45, 2.75) is 12.3 Å². The topological polar surface area (TPSA) is 66.1 Å². The number of nitrogens with one attached hydrogen (secondary N) is 2. The number of benzene rings is 3. The molecule has 3 aromatic rings. The number of amides is 2. The zero-order chi connectivity index (χ0) is 27.5. The molecule has 7 nitrogen and oxygen atoms in total. The van der Waals surface area contributed by atoms with Crippen LogP contribution >= 0.6 is 0 Å². The average molecular weight is 529 g/mol. The van der Waals surface area contributed by atoms with Gasteiger partial charge in [-0.25, -0.2) is 4.79 Å². The molecule has 7 heteroatoms. The van der Waals surface area contributed by atoms with Crippen molar-refractivity contribution in [3.05, 3.63) is 102 Å². The number of urea groups is 1. The van der Waals surface area contributed by atoms with Crippen molar-refractivity contribution in [1.29, 1.82) is 0 Å². The van der Waals surface area contributed by atoms with Crippen molar-refractivity contribution in [1.82, 2.24) is 15.1 Å². The summed E-state index contributed by atoms with van der Waals surface area (Å²) < 4.78 is 10.8. The Bertz CT molecular complexity index is 1160. The molecule has 0 saturated carbocycles. The number of piperazine rings is 1. The number of carbonyl (C=O) groups is 1. The molecular formula is C32H40N4O3. The summed E-state index contributed by atoms with van der Waals surface area (Å²) >= 11 is 0. The van der Waals surface area contributed by atoms with E-state index in [1.54, 1.807) is 26.4 Å². The molecular weight excluding hydrogens is 488 g/mol. The maximum Gasteiger partial charge on any atom is 0.322 e. The van der Waals surface area contributed by atoms with E-state index >= 15 is 0 Å². The third kappa shape index (κ3) is 8.09. The van der Waals surface area contributed by atoms with Crippen molar-refractivity contribution >= 4 is 11.7 Å². The van der Waals surface area contributed by atoms with Gasteiger partial charge in [-0.3, -0.25) is 4.90 Å². The van der Waals surface area contributed by atoms with E-state index in [0.29, 0.717) is 30.3 Å². The zero-order valence-electron chi connectivity index (χ0n) is 23.1. The molecule has 0 unspecified atom stereocenters. The summed E-state index contributed by atoms with van der Waals surface area (Å²) in [6.45, 7) is 10.1. The Morgan fingerprint density at radius 2 is 1.56 bits per heavy atom. The van der Waals surface area contributed by atoms with Gasteiger partial charge in [0, 0.05) is 63.5 Å². The van der Waals surface area contributed by atoms with Gasteiger partial charge in [0.2, 0.25) is 0 Å². The van der Waals surface area contributed by atoms with Gasteiger partial charge in [0.05, 0.1) is 14.2 Å². The van der Waals surface area contributed by atoms with Crippen LogP contribution in [0.3, 0.4) is 0 Å². The highest BCUT2D eigenvalue weighted by molar-refractivity contribution is 5.90. The van der Waals surface area contributed by atoms with Crippen LogP contribution in [0, 0.1) is 0 Å². The van der Waals surface area contributed by atoms with E-state index in [4.69, 9.17) is 9.47 Å². The molecule has 0 bridgehead atoms. The van der Waals surface area contributed by atoms with Gasteiger partial charge in [-0.2, -0.15) is 0 Å². The minimum absolute atomic E-state index is 0.163. The fourth-order valence-electron chi connectivity index (χ4n) is 5.06. The van der Waals surface area contributed by atoms with Gasteiger partial charge in [0.1, 0.15) is 0 Å². The lowest BCUT2D eigenvalue weighted by Gasteiger charge is -2.31. The second kappa shape index (κ2) is 14.4. The van der Waals surface area contributed by atoms with Crippen LogP contribution in [0.2, 0.25) is 0 Å². The third-order valence-corrected chi connectivity index (χ3v) is 7.08. The smallest absolute Gasteiger partial charge is 0.322 e. The number of methoxy groups -OCH3 is 2. The Balaban J connectivity index is 1.52. The van der Waals surface area contributed by atoms with Gasteiger partial charge in [-0.05, 0) is 35.3 Å². The molecule has 2 N–H and O–H groups in total. The van der Waals surface area contributed by atoms with Crippen molar-refractivity contribution < 1.29 is 14.3 Å². The van der Waals surface area contributed by atoms with E-state index in [2.05, 4.69) is 70.6 Å². The van der Waals surface area contributed by atoms with E-state index in [0.717, 1.165) is 44.7 Å². The quantitative estimate of drug-likeness (QED) is 0.316. The van der Waals surface area contributed by atoms with Crippen LogP contribution in [0.4, 0.5) is 10.5 Å². The van der Waals surface area contributed by atoms with Crippen molar-refractivity contribution in [3.8, 4) is 11.5 Å². The first kappa shape index (κ1) is 28.2. The fraction of sp³-hybridized carbons (Fsp3) is 0.344. The lowest BCUT2D eigenvalue weighted by Crippen LogP contribution is -2.45. The molecule has 1 heterocycles. The zero-order valence-corrected chi connectivity index (χ0v) is 23.1. The summed E-state index contributed by atoms with van der Waals surface area (Å²) in [5.74, 6) is 1.36. The molecule has 2 amide bonds. The monoisotopic (exact) mass is 528 g/mol. The van der Waals surface area contributed by atoms with E-state index in [1.807, 2.05) is 23.1 Å². The predicted octanol–water partition coefficient (Wildman–Crippen LogP) is 5.22. The number of hydrogen-bond acceptors (Lipinski definition) is 5. The molecule has 1 aliphatic rings. The molecule has 0 radical (unpaired) electrons. The van der Waals surface area contributed by atoms with Crippen molar-refractivity contribution in [2.24, 2.45) is 0 Å². The van der Waals surface area contributed by atoms with Crippen LogP contribution in [0.25, 0.3) is 0 Å². The highest BCUT2D eigenvalue weighted by Crippen LogP contribution is 2.31. The van der Waals surface area contributed by atoms with Crippen LogP contribution in [-0.4, -0.2) is 75.9 Å². The Morgan fingerprint density at radius 3 is 2.15 bits per heavy atom. The summed E-state index contributed by atoms with van der Waals surface area (Å²) in [6, 6.07) is 26.2. The average Bonchev–Trinajstić information content (AvgIpc) is 2.98. The van der Waals surface area contributed by atoms with Crippen LogP contribution in [0.1, 0.15) is 23.5 Å². The standard InChI is InChI=1S/C32H40N4O3/c1-25(23-35-20-17-33-18-21-35)24-36(32(37)34-28-14-15-30(38-2)31(22-28)39-3)19-16-29(26-10-6-4-7-11-26)27-12-8-5-9-13-27/h4-15,22,29,33H,1,16-21,23-24H2,2-3H3,(H,34,37). The normalized spacial score (nSPS) is 13.6. The fourth-order valence-corrected chi connectivity index (χ4v) is 5.06. The first-order valence-electron chi connectivity index (χ1n) is 13.5. The van der Waals surface area contributed by atoms with Gasteiger partial charge in [0.25, 0.3) is 0 Å². The highest BCUT2D eigenvalue weighted by atomic mass is 16.5. The molecule has 0 aromatic heterocycles. The van der Waals surface area contributed by atoms with Crippen LogP contribution in [0.15, 0.2) is 91.0 Å². The Morgan fingerprint density at radius 1 is 0.949 bits per heavy atom. The highest BCUT2D eigenvalue weighted by Gasteiger charge is 2.21. The van der Waals surface area contributed by atoms with E-state index < -0.39 is 0 Å². The number of hydrogen-bond donors (Lipinski definition) is 2. The van der Waals surface area contributed by atoms with Crippen molar-refractivity contribution in [3.63, 3.8) is 0 Å². The second-order valence-electron chi connectivity index (χ2n) is 9.86. The summed E-state index contributed by atoms with van der Waals surface area (Å²) in [5.41, 5.74) is 4.15. The van der Waals surface area contributed by atoms with E-state index in [9.17, 15) is 4.79 Å². The number of carbonyl (C=O) groups excluding carboxylic acids is 1. The first-order valence-corrected chi connectivity index (χ1v) is 13.5. The molecule has 1 saturated heterocycles. The molecule has 39 heavy (non-hydrogen) atoms. The largest absolute Gasteiger partial charge is 0.493 e. The Labute approximate surface area is 232 Å². The van der Waals surface area contributed by atoms with Gasteiger partial charge in [-0.15, -0.1) is 0 Å². The summed E-state index contributed by atoms with van der Waals surface area (Å²) in [6.07, 6.45) is 0.786. The Kier molecular flexibility index (Phi) is 10.4. The number of ether oxygens (including phenoxy) is 2. The molecule has 0 spiro atoms. The SMILES string of the molecule is C=C(CN1CCNCC1)CN(CCC(c1ccccc1)c1ccccc1)C(=O)Nc1ccc(OC)c(OC)c1. The molecule has 0 aliphatic carbocycles. The van der Waals surface area contributed by atoms with E-state index in [-0.39, 0.29) is 11.9 Å². The molecule has 0 atom stereocenters. The van der Waals surface area contributed by atoms with Gasteiger partial charge in [0.15, 0.2) is 11.5 Å². The van der Waals surface area contributed by atoms with Gasteiger partial charge >= 0.3 is 6.03 Å². The predicted molar refractivity (Wildman–Crippen MR) is 158 cm³/mol. The lowest BCUT2D eigenvalue weighted by molar-refractivity contribution is 0.210. The summed E-state index contributed by atoms with van der Waals surface area (Å²) in [5, 5.41) is 6.46. The van der Waals surface area contributed by atoms with Crippen molar-refractivity contribution in [2.75, 3.05) is 65.3 Å². The number of anilines is 1. The summed E-state index contributed by atoms with van der Waals surface area (Å²) in [4.78, 5) is 17.9. The molecule has 1 aliphatic heterocycles. The van der Waals surface area contributed by atoms with Gasteiger partial charge in [-0.1, -0.05) is 67.2 Å². The molecule has 1 fully saturated rings. The van der Waals surface area contributed by atoms with Crippen LogP contribution in [-0.2, 0) is 0 Å². The molecule has 3 aromatic carbocycles. The van der Waals surface area contributed by atoms with Gasteiger partial charge < -0.3 is 25.0 Å².